The minimum atomic E-state index is -4.35. The van der Waals surface area contributed by atoms with Crippen LogP contribution in [0.25, 0.3) is 0 Å². The first-order chi connectivity index (χ1) is 10.8. The molecule has 2 aromatic carbocycles. The van der Waals surface area contributed by atoms with Gasteiger partial charge in [0.2, 0.25) is 0 Å². The third kappa shape index (κ3) is 3.64. The van der Waals surface area contributed by atoms with Crippen LogP contribution in [0.4, 0.5) is 17.1 Å². The summed E-state index contributed by atoms with van der Waals surface area (Å²) in [4.78, 5) is 21.3. The van der Waals surface area contributed by atoms with Crippen molar-refractivity contribution in [1.29, 1.82) is 0 Å². The number of carboxylic acids is 1. The number of carbonyl (C=O) groups is 1. The molecule has 0 radical (unpaired) electrons. The molecule has 0 aromatic heterocycles. The molecular formula is C14H12N2O6S. The van der Waals surface area contributed by atoms with E-state index in [1.165, 1.54) is 30.3 Å². The summed E-state index contributed by atoms with van der Waals surface area (Å²) in [5.74, 6) is -2.74. The molecule has 0 aliphatic rings. The summed E-state index contributed by atoms with van der Waals surface area (Å²) in [6.45, 7) is 0. The number of hydrogen-bond acceptors (Lipinski definition) is 5. The monoisotopic (exact) mass is 336 g/mol. The van der Waals surface area contributed by atoms with Crippen LogP contribution in [0.2, 0.25) is 0 Å². The normalized spacial score (nSPS) is 11.0. The van der Waals surface area contributed by atoms with E-state index in [1.54, 1.807) is 18.2 Å². The van der Waals surface area contributed by atoms with Gasteiger partial charge in [0, 0.05) is 6.07 Å². The molecule has 23 heavy (non-hydrogen) atoms. The zero-order valence-electron chi connectivity index (χ0n) is 11.7. The van der Waals surface area contributed by atoms with Crippen molar-refractivity contribution in [2.75, 3.05) is 10.1 Å². The Morgan fingerprint density at radius 2 is 1.65 bits per heavy atom. The van der Waals surface area contributed by atoms with E-state index in [9.17, 15) is 23.3 Å². The third-order valence-electron chi connectivity index (χ3n) is 2.87. The Bertz CT molecular complexity index is 835. The van der Waals surface area contributed by atoms with Gasteiger partial charge in [-0.15, -0.1) is 0 Å². The average molecular weight is 336 g/mol. The SMILES string of the molecule is O=C(O)CS(=O)(=O)N(c1ccccc1)c1ccccc1[N+](=O)[O-]. The number of nitro benzene ring substituents is 1. The maximum absolute atomic E-state index is 12.4. The fourth-order valence-electron chi connectivity index (χ4n) is 2.02. The number of anilines is 2. The standard InChI is InChI=1S/C14H12N2O6S/c17-14(18)10-23(21,22)15(11-6-2-1-3-7-11)12-8-4-5-9-13(12)16(19)20/h1-9H,10H2,(H,17,18). The minimum absolute atomic E-state index is 0.114. The molecule has 0 spiro atoms. The molecule has 8 nitrogen and oxygen atoms in total. The molecule has 0 fully saturated rings. The molecular weight excluding hydrogens is 324 g/mol. The maximum atomic E-state index is 12.4. The average Bonchev–Trinajstić information content (AvgIpc) is 2.47. The lowest BCUT2D eigenvalue weighted by molar-refractivity contribution is -0.384. The molecule has 2 rings (SSSR count). The summed E-state index contributed by atoms with van der Waals surface area (Å²) in [5, 5.41) is 20.0. The second-order valence-corrected chi connectivity index (χ2v) is 6.31. The Labute approximate surface area is 131 Å². The van der Waals surface area contributed by atoms with E-state index in [0.717, 1.165) is 6.07 Å². The molecule has 0 saturated carbocycles. The molecule has 0 saturated heterocycles. The van der Waals surface area contributed by atoms with Crippen LogP contribution in [0.1, 0.15) is 0 Å². The van der Waals surface area contributed by atoms with Crippen LogP contribution in [0.5, 0.6) is 0 Å². The molecule has 2 aromatic rings. The number of sulfonamides is 1. The third-order valence-corrected chi connectivity index (χ3v) is 4.45. The number of aliphatic carboxylic acids is 1. The van der Waals surface area contributed by atoms with E-state index < -0.39 is 32.4 Å². The van der Waals surface area contributed by atoms with Gasteiger partial charge in [0.25, 0.3) is 15.7 Å². The Hall–Kier alpha value is -2.94. The van der Waals surface area contributed by atoms with Crippen molar-refractivity contribution in [2.24, 2.45) is 0 Å². The van der Waals surface area contributed by atoms with Crippen LogP contribution in [-0.2, 0) is 14.8 Å². The van der Waals surface area contributed by atoms with E-state index in [0.29, 0.717) is 4.31 Å². The van der Waals surface area contributed by atoms with E-state index in [4.69, 9.17) is 5.11 Å². The summed E-state index contributed by atoms with van der Waals surface area (Å²) < 4.78 is 25.6. The lowest BCUT2D eigenvalue weighted by atomic mass is 10.2. The smallest absolute Gasteiger partial charge is 0.320 e. The van der Waals surface area contributed by atoms with Crippen LogP contribution in [0.15, 0.2) is 54.6 Å². The van der Waals surface area contributed by atoms with Gasteiger partial charge in [-0.2, -0.15) is 0 Å². The molecule has 0 bridgehead atoms. The predicted octanol–water partition coefficient (Wildman–Crippen LogP) is 2.15. The van der Waals surface area contributed by atoms with Crippen molar-refractivity contribution < 1.29 is 23.2 Å². The second-order valence-electron chi connectivity index (χ2n) is 4.50. The van der Waals surface area contributed by atoms with Crippen molar-refractivity contribution in [3.8, 4) is 0 Å². The van der Waals surface area contributed by atoms with E-state index in [-0.39, 0.29) is 11.4 Å². The summed E-state index contributed by atoms with van der Waals surface area (Å²) in [7, 11) is -4.35. The van der Waals surface area contributed by atoms with Gasteiger partial charge in [0.15, 0.2) is 5.75 Å². The van der Waals surface area contributed by atoms with Gasteiger partial charge < -0.3 is 5.11 Å². The number of carboxylic acid groups (broad SMARTS) is 1. The van der Waals surface area contributed by atoms with E-state index >= 15 is 0 Å². The number of benzene rings is 2. The number of rotatable bonds is 6. The fourth-order valence-corrected chi connectivity index (χ4v) is 3.36. The Morgan fingerprint density at radius 3 is 2.22 bits per heavy atom. The topological polar surface area (TPSA) is 118 Å². The Kier molecular flexibility index (Phi) is 4.60. The van der Waals surface area contributed by atoms with Gasteiger partial charge in [-0.3, -0.25) is 14.9 Å². The zero-order valence-corrected chi connectivity index (χ0v) is 12.5. The Morgan fingerprint density at radius 1 is 1.09 bits per heavy atom. The molecule has 1 N–H and O–H groups in total. The summed E-state index contributed by atoms with van der Waals surface area (Å²) >= 11 is 0. The van der Waals surface area contributed by atoms with Gasteiger partial charge in [0.05, 0.1) is 10.6 Å². The van der Waals surface area contributed by atoms with E-state index in [1.807, 2.05) is 0 Å². The lowest BCUT2D eigenvalue weighted by Gasteiger charge is -2.23. The minimum Gasteiger partial charge on any atom is -0.480 e. The van der Waals surface area contributed by atoms with Gasteiger partial charge >= 0.3 is 5.97 Å². The summed E-state index contributed by atoms with van der Waals surface area (Å²) in [6, 6.07) is 12.8. The quantitative estimate of drug-likeness (QED) is 0.638. The zero-order chi connectivity index (χ0) is 17.0. The van der Waals surface area contributed by atoms with Crippen LogP contribution in [0, 0.1) is 10.1 Å². The lowest BCUT2D eigenvalue weighted by Crippen LogP contribution is -2.32. The molecule has 9 heteroatoms. The van der Waals surface area contributed by atoms with Crippen molar-refractivity contribution >= 4 is 33.1 Å². The van der Waals surface area contributed by atoms with Crippen molar-refractivity contribution in [3.05, 3.63) is 64.7 Å². The highest BCUT2D eigenvalue weighted by atomic mass is 32.2. The van der Waals surface area contributed by atoms with Crippen molar-refractivity contribution in [2.45, 2.75) is 0 Å². The van der Waals surface area contributed by atoms with Crippen LogP contribution in [0.3, 0.4) is 0 Å². The number of hydrogen-bond donors (Lipinski definition) is 1. The highest BCUT2D eigenvalue weighted by Crippen LogP contribution is 2.35. The van der Waals surface area contributed by atoms with Crippen LogP contribution in [-0.4, -0.2) is 30.2 Å². The van der Waals surface area contributed by atoms with Gasteiger partial charge in [-0.05, 0) is 18.2 Å². The van der Waals surface area contributed by atoms with Crippen molar-refractivity contribution in [3.63, 3.8) is 0 Å². The first-order valence-electron chi connectivity index (χ1n) is 6.36. The molecule has 0 unspecified atom stereocenters. The highest BCUT2D eigenvalue weighted by molar-refractivity contribution is 7.93. The summed E-state index contributed by atoms with van der Waals surface area (Å²) in [6.07, 6.45) is 0. The fraction of sp³-hybridized carbons (Fsp3) is 0.0714. The molecule has 0 atom stereocenters. The predicted molar refractivity (Wildman–Crippen MR) is 83.1 cm³/mol. The number of para-hydroxylation sites is 3. The number of nitro groups is 1. The van der Waals surface area contributed by atoms with Crippen molar-refractivity contribution in [1.82, 2.24) is 0 Å². The van der Waals surface area contributed by atoms with Gasteiger partial charge in [-0.1, -0.05) is 30.3 Å². The van der Waals surface area contributed by atoms with Crippen LogP contribution < -0.4 is 4.31 Å². The van der Waals surface area contributed by atoms with Gasteiger partial charge in [-0.25, -0.2) is 12.7 Å². The first-order valence-corrected chi connectivity index (χ1v) is 7.97. The molecule has 0 aliphatic heterocycles. The first kappa shape index (κ1) is 16.4. The largest absolute Gasteiger partial charge is 0.480 e. The second kappa shape index (κ2) is 6.44. The molecule has 120 valence electrons. The summed E-state index contributed by atoms with van der Waals surface area (Å²) in [5.41, 5.74) is -0.543. The van der Waals surface area contributed by atoms with E-state index in [2.05, 4.69) is 0 Å². The maximum Gasteiger partial charge on any atom is 0.320 e. The highest BCUT2D eigenvalue weighted by Gasteiger charge is 2.31. The van der Waals surface area contributed by atoms with Crippen LogP contribution >= 0.6 is 0 Å². The Balaban J connectivity index is 2.70. The van der Waals surface area contributed by atoms with Gasteiger partial charge in [0.1, 0.15) is 5.69 Å². The molecule has 0 amide bonds. The molecule has 0 aliphatic carbocycles. The molecule has 0 heterocycles. The number of nitrogens with zero attached hydrogens (tertiary/aromatic N) is 2.